The van der Waals surface area contributed by atoms with E-state index in [1.165, 1.54) is 5.56 Å². The Morgan fingerprint density at radius 2 is 1.82 bits per heavy atom. The number of nitrogens with one attached hydrogen (secondary N) is 1. The minimum absolute atomic E-state index is 0.0967. The van der Waals surface area contributed by atoms with Gasteiger partial charge in [0.05, 0.1) is 0 Å². The summed E-state index contributed by atoms with van der Waals surface area (Å²) in [6.45, 7) is 4.05. The molecule has 0 fully saturated rings. The van der Waals surface area contributed by atoms with Crippen LogP contribution in [-0.2, 0) is 21.3 Å². The molecule has 0 spiro atoms. The fourth-order valence-corrected chi connectivity index (χ4v) is 3.37. The normalized spacial score (nSPS) is 11.9. The highest BCUT2D eigenvalue weighted by atomic mass is 32.2. The molecule has 0 heterocycles. The molecular weight excluding hydrogens is 294 g/mol. The summed E-state index contributed by atoms with van der Waals surface area (Å²) in [4.78, 5) is 11.8. The van der Waals surface area contributed by atoms with Crippen molar-refractivity contribution in [2.24, 2.45) is 0 Å². The lowest BCUT2D eigenvalue weighted by atomic mass is 10.1. The standard InChI is InChI=1S/C18H21NO2S/c1-14-8-9-15(2)16(12-14)13-22(21)11-10-18(20)19-17-6-4-3-5-7-17/h3-9,12H,10-11,13H2,1-2H3,(H,19,20). The van der Waals surface area contributed by atoms with Crippen molar-refractivity contribution in [1.29, 1.82) is 0 Å². The Morgan fingerprint density at radius 3 is 2.55 bits per heavy atom. The van der Waals surface area contributed by atoms with Gasteiger partial charge in [-0.15, -0.1) is 0 Å². The molecule has 2 aromatic rings. The topological polar surface area (TPSA) is 46.2 Å². The van der Waals surface area contributed by atoms with E-state index >= 15 is 0 Å². The number of aryl methyl sites for hydroxylation is 2. The number of carbonyl (C=O) groups is 1. The maximum absolute atomic E-state index is 12.2. The first-order valence-electron chi connectivity index (χ1n) is 7.30. The first kappa shape index (κ1) is 16.4. The summed E-state index contributed by atoms with van der Waals surface area (Å²) in [7, 11) is -1.03. The third-order valence-corrected chi connectivity index (χ3v) is 4.73. The van der Waals surface area contributed by atoms with Crippen LogP contribution < -0.4 is 5.32 Å². The van der Waals surface area contributed by atoms with Crippen LogP contribution in [0.25, 0.3) is 0 Å². The van der Waals surface area contributed by atoms with Crippen molar-refractivity contribution in [3.8, 4) is 0 Å². The van der Waals surface area contributed by atoms with Crippen LogP contribution in [-0.4, -0.2) is 15.9 Å². The largest absolute Gasteiger partial charge is 0.326 e. The van der Waals surface area contributed by atoms with Gasteiger partial charge in [0.1, 0.15) is 0 Å². The Balaban J connectivity index is 1.82. The van der Waals surface area contributed by atoms with E-state index in [-0.39, 0.29) is 12.3 Å². The van der Waals surface area contributed by atoms with Crippen molar-refractivity contribution in [1.82, 2.24) is 0 Å². The molecule has 2 aromatic carbocycles. The molecule has 0 aliphatic heterocycles. The molecule has 0 saturated carbocycles. The Kier molecular flexibility index (Phi) is 5.90. The van der Waals surface area contributed by atoms with Crippen molar-refractivity contribution in [3.63, 3.8) is 0 Å². The molecule has 0 radical (unpaired) electrons. The first-order chi connectivity index (χ1) is 10.5. The van der Waals surface area contributed by atoms with Crippen molar-refractivity contribution in [2.45, 2.75) is 26.0 Å². The van der Waals surface area contributed by atoms with Crippen LogP contribution in [0.2, 0.25) is 0 Å². The molecule has 1 atom stereocenters. The van der Waals surface area contributed by atoms with Crippen LogP contribution in [0.4, 0.5) is 5.69 Å². The Labute approximate surface area is 134 Å². The monoisotopic (exact) mass is 315 g/mol. The second kappa shape index (κ2) is 7.90. The smallest absolute Gasteiger partial charge is 0.225 e. The molecule has 3 nitrogen and oxygen atoms in total. The molecule has 2 rings (SSSR count). The van der Waals surface area contributed by atoms with Gasteiger partial charge in [-0.1, -0.05) is 42.0 Å². The number of carbonyl (C=O) groups excluding carboxylic acids is 1. The molecule has 4 heteroatoms. The van der Waals surface area contributed by atoms with Gasteiger partial charge in [-0.25, -0.2) is 0 Å². The highest BCUT2D eigenvalue weighted by Gasteiger charge is 2.08. The first-order valence-corrected chi connectivity index (χ1v) is 8.79. The number of hydrogen-bond donors (Lipinski definition) is 1. The summed E-state index contributed by atoms with van der Waals surface area (Å²) in [6, 6.07) is 15.5. The zero-order valence-corrected chi connectivity index (χ0v) is 13.8. The lowest BCUT2D eigenvalue weighted by molar-refractivity contribution is -0.115. The minimum Gasteiger partial charge on any atom is -0.326 e. The summed E-state index contributed by atoms with van der Waals surface area (Å²) in [5.74, 6) is 0.790. The van der Waals surface area contributed by atoms with Gasteiger partial charge in [0, 0.05) is 34.4 Å². The zero-order valence-electron chi connectivity index (χ0n) is 13.0. The molecule has 0 saturated heterocycles. The highest BCUT2D eigenvalue weighted by molar-refractivity contribution is 7.84. The van der Waals surface area contributed by atoms with Gasteiger partial charge < -0.3 is 5.32 Å². The van der Waals surface area contributed by atoms with E-state index in [2.05, 4.69) is 17.4 Å². The number of para-hydroxylation sites is 1. The van der Waals surface area contributed by atoms with E-state index in [0.717, 1.165) is 16.8 Å². The number of amides is 1. The number of rotatable bonds is 6. The Bertz CT molecular complexity index is 668. The van der Waals surface area contributed by atoms with Crippen LogP contribution in [0, 0.1) is 13.8 Å². The van der Waals surface area contributed by atoms with Crippen molar-refractivity contribution < 1.29 is 9.00 Å². The molecule has 0 aliphatic carbocycles. The van der Waals surface area contributed by atoms with Crippen molar-refractivity contribution in [3.05, 3.63) is 65.2 Å². The van der Waals surface area contributed by atoms with Crippen LogP contribution in [0.1, 0.15) is 23.1 Å². The van der Waals surface area contributed by atoms with Gasteiger partial charge in [-0.2, -0.15) is 0 Å². The van der Waals surface area contributed by atoms with Gasteiger partial charge in [0.15, 0.2) is 0 Å². The number of benzene rings is 2. The quantitative estimate of drug-likeness (QED) is 0.885. The lowest BCUT2D eigenvalue weighted by Gasteiger charge is -2.08. The average molecular weight is 315 g/mol. The molecule has 1 N–H and O–H groups in total. The molecule has 0 aliphatic rings. The Hall–Kier alpha value is -1.94. The van der Waals surface area contributed by atoms with Crippen LogP contribution in [0.15, 0.2) is 48.5 Å². The summed E-state index contributed by atoms with van der Waals surface area (Å²) < 4.78 is 12.2. The van der Waals surface area contributed by atoms with E-state index in [1.807, 2.05) is 50.2 Å². The molecule has 116 valence electrons. The maximum atomic E-state index is 12.2. The Morgan fingerprint density at radius 1 is 1.09 bits per heavy atom. The van der Waals surface area contributed by atoms with E-state index in [4.69, 9.17) is 0 Å². The van der Waals surface area contributed by atoms with Gasteiger partial charge in [-0.3, -0.25) is 9.00 Å². The van der Waals surface area contributed by atoms with Crippen LogP contribution >= 0.6 is 0 Å². The predicted octanol–water partition coefficient (Wildman–Crippen LogP) is 3.58. The number of hydrogen-bond acceptors (Lipinski definition) is 2. The maximum Gasteiger partial charge on any atom is 0.225 e. The van der Waals surface area contributed by atoms with E-state index in [1.54, 1.807) is 0 Å². The van der Waals surface area contributed by atoms with Crippen molar-refractivity contribution in [2.75, 3.05) is 11.1 Å². The predicted molar refractivity (Wildman–Crippen MR) is 92.3 cm³/mol. The van der Waals surface area contributed by atoms with Crippen LogP contribution in [0.3, 0.4) is 0 Å². The summed E-state index contributed by atoms with van der Waals surface area (Å²) in [5.41, 5.74) is 4.18. The summed E-state index contributed by atoms with van der Waals surface area (Å²) >= 11 is 0. The van der Waals surface area contributed by atoms with Gasteiger partial charge in [0.25, 0.3) is 0 Å². The fraction of sp³-hybridized carbons (Fsp3) is 0.278. The van der Waals surface area contributed by atoms with Crippen LogP contribution in [0.5, 0.6) is 0 Å². The third kappa shape index (κ3) is 5.11. The molecule has 1 unspecified atom stereocenters. The van der Waals surface area contributed by atoms with Gasteiger partial charge in [-0.05, 0) is 37.1 Å². The van der Waals surface area contributed by atoms with E-state index in [9.17, 15) is 9.00 Å². The van der Waals surface area contributed by atoms with Crippen molar-refractivity contribution >= 4 is 22.4 Å². The van der Waals surface area contributed by atoms with E-state index < -0.39 is 10.8 Å². The lowest BCUT2D eigenvalue weighted by Crippen LogP contribution is -2.15. The van der Waals surface area contributed by atoms with E-state index in [0.29, 0.717) is 11.5 Å². The summed E-state index contributed by atoms with van der Waals surface area (Å²) in [5, 5.41) is 2.81. The third-order valence-electron chi connectivity index (χ3n) is 3.44. The minimum atomic E-state index is -1.03. The summed E-state index contributed by atoms with van der Waals surface area (Å²) in [6.07, 6.45) is 0.270. The second-order valence-electron chi connectivity index (χ2n) is 5.38. The fourth-order valence-electron chi connectivity index (χ4n) is 2.15. The zero-order chi connectivity index (χ0) is 15.9. The average Bonchev–Trinajstić information content (AvgIpc) is 2.50. The molecule has 0 bridgehead atoms. The molecule has 1 amide bonds. The number of anilines is 1. The van der Waals surface area contributed by atoms with Gasteiger partial charge in [0.2, 0.25) is 5.91 Å². The molecule has 22 heavy (non-hydrogen) atoms. The SMILES string of the molecule is Cc1ccc(C)c(CS(=O)CCC(=O)Nc2ccccc2)c1. The highest BCUT2D eigenvalue weighted by Crippen LogP contribution is 2.13. The van der Waals surface area contributed by atoms with Gasteiger partial charge >= 0.3 is 0 Å². The molecular formula is C18H21NO2S. The second-order valence-corrected chi connectivity index (χ2v) is 6.96. The molecule has 0 aromatic heterocycles.